The minimum Gasteiger partial charge on any atom is -0.344 e. The van der Waals surface area contributed by atoms with E-state index in [0.29, 0.717) is 5.56 Å². The molecule has 0 spiro atoms. The summed E-state index contributed by atoms with van der Waals surface area (Å²) in [6.07, 6.45) is 0. The van der Waals surface area contributed by atoms with Gasteiger partial charge in [-0.2, -0.15) is 0 Å². The van der Waals surface area contributed by atoms with Gasteiger partial charge in [0.2, 0.25) is 0 Å². The summed E-state index contributed by atoms with van der Waals surface area (Å²) in [7, 11) is 0. The first-order valence-corrected chi connectivity index (χ1v) is 6.24. The fraction of sp³-hybridized carbons (Fsp3) is 0.0667. The molecule has 2 aromatic rings. The van der Waals surface area contributed by atoms with E-state index < -0.39 is 29.3 Å². The maximum atomic E-state index is 13.0. The summed E-state index contributed by atoms with van der Waals surface area (Å²) in [6.45, 7) is -0.146. The highest BCUT2D eigenvalue weighted by Gasteiger charge is 2.14. The van der Waals surface area contributed by atoms with Crippen molar-refractivity contribution in [3.05, 3.63) is 65.5 Å². The van der Waals surface area contributed by atoms with Crippen LogP contribution in [0.2, 0.25) is 0 Å². The molecule has 0 aliphatic carbocycles. The van der Waals surface area contributed by atoms with Crippen LogP contribution in [0.4, 0.5) is 18.9 Å². The van der Waals surface area contributed by atoms with Crippen molar-refractivity contribution in [1.82, 2.24) is 5.32 Å². The fourth-order valence-electron chi connectivity index (χ4n) is 1.67. The summed E-state index contributed by atoms with van der Waals surface area (Å²) in [5, 5.41) is 4.46. The third-order valence-electron chi connectivity index (χ3n) is 2.73. The molecule has 7 heteroatoms. The second-order valence-electron chi connectivity index (χ2n) is 4.40. The van der Waals surface area contributed by atoms with Gasteiger partial charge in [0.1, 0.15) is 5.82 Å². The van der Waals surface area contributed by atoms with Crippen molar-refractivity contribution in [2.45, 2.75) is 6.54 Å². The Labute approximate surface area is 124 Å². The van der Waals surface area contributed by atoms with Gasteiger partial charge in [0.15, 0.2) is 11.6 Å². The lowest BCUT2D eigenvalue weighted by Crippen LogP contribution is -2.35. The lowest BCUT2D eigenvalue weighted by atomic mass is 10.2. The monoisotopic (exact) mass is 308 g/mol. The minimum atomic E-state index is -1.05. The van der Waals surface area contributed by atoms with Crippen molar-refractivity contribution in [2.24, 2.45) is 0 Å². The predicted octanol–water partition coefficient (Wildman–Crippen LogP) is 2.36. The normalized spacial score (nSPS) is 10.1. The first-order valence-electron chi connectivity index (χ1n) is 6.24. The molecule has 2 N–H and O–H groups in total. The molecule has 0 saturated carbocycles. The van der Waals surface area contributed by atoms with Gasteiger partial charge in [-0.3, -0.25) is 9.59 Å². The van der Waals surface area contributed by atoms with Crippen molar-refractivity contribution in [3.8, 4) is 0 Å². The van der Waals surface area contributed by atoms with Crippen molar-refractivity contribution >= 4 is 17.5 Å². The molecule has 0 saturated heterocycles. The minimum absolute atomic E-state index is 0.132. The molecule has 22 heavy (non-hydrogen) atoms. The zero-order chi connectivity index (χ0) is 16.1. The summed E-state index contributed by atoms with van der Waals surface area (Å²) in [6, 6.07) is 8.17. The first-order chi connectivity index (χ1) is 10.5. The zero-order valence-corrected chi connectivity index (χ0v) is 11.2. The third kappa shape index (κ3) is 4.08. The molecule has 0 unspecified atom stereocenters. The van der Waals surface area contributed by atoms with Gasteiger partial charge in [-0.15, -0.1) is 0 Å². The number of halogens is 3. The molecule has 2 rings (SSSR count). The Kier molecular flexibility index (Phi) is 4.77. The number of rotatable bonds is 3. The molecule has 114 valence electrons. The van der Waals surface area contributed by atoms with Crippen molar-refractivity contribution in [2.75, 3.05) is 5.32 Å². The lowest BCUT2D eigenvalue weighted by molar-refractivity contribution is -0.136. The number of anilines is 1. The van der Waals surface area contributed by atoms with Crippen LogP contribution >= 0.6 is 0 Å². The standard InChI is InChI=1S/C15H11F3N2O2/c16-10-2-1-3-11(7-10)20-15(22)14(21)19-8-9-4-5-12(17)13(18)6-9/h1-7H,8H2,(H,19,21)(H,20,22). The van der Waals surface area contributed by atoms with Crippen LogP contribution in [0.15, 0.2) is 42.5 Å². The molecular formula is C15H11F3N2O2. The molecule has 0 radical (unpaired) electrons. The van der Waals surface area contributed by atoms with Crippen LogP contribution in [0.5, 0.6) is 0 Å². The Morgan fingerprint density at radius 1 is 0.909 bits per heavy atom. The van der Waals surface area contributed by atoms with Gasteiger partial charge in [-0.25, -0.2) is 13.2 Å². The van der Waals surface area contributed by atoms with Crippen LogP contribution in [-0.2, 0) is 16.1 Å². The molecule has 2 aromatic carbocycles. The number of hydrogen-bond acceptors (Lipinski definition) is 2. The first kappa shape index (κ1) is 15.6. The zero-order valence-electron chi connectivity index (χ0n) is 11.2. The molecular weight excluding hydrogens is 297 g/mol. The molecule has 0 heterocycles. The Hall–Kier alpha value is -2.83. The van der Waals surface area contributed by atoms with Crippen LogP contribution < -0.4 is 10.6 Å². The molecule has 0 aromatic heterocycles. The maximum Gasteiger partial charge on any atom is 0.313 e. The molecule has 0 aliphatic rings. The van der Waals surface area contributed by atoms with Crippen molar-refractivity contribution in [3.63, 3.8) is 0 Å². The number of benzene rings is 2. The van der Waals surface area contributed by atoms with Gasteiger partial charge in [-0.1, -0.05) is 12.1 Å². The quantitative estimate of drug-likeness (QED) is 0.855. The highest BCUT2D eigenvalue weighted by Crippen LogP contribution is 2.10. The maximum absolute atomic E-state index is 13.0. The number of carbonyl (C=O) groups excluding carboxylic acids is 2. The van der Waals surface area contributed by atoms with Crippen LogP contribution in [0.3, 0.4) is 0 Å². The molecule has 2 amide bonds. The van der Waals surface area contributed by atoms with Crippen LogP contribution in [-0.4, -0.2) is 11.8 Å². The Morgan fingerprint density at radius 2 is 1.68 bits per heavy atom. The average Bonchev–Trinajstić information content (AvgIpc) is 2.48. The second-order valence-corrected chi connectivity index (χ2v) is 4.40. The number of amides is 2. The van der Waals surface area contributed by atoms with Crippen LogP contribution in [0.1, 0.15) is 5.56 Å². The Morgan fingerprint density at radius 3 is 2.36 bits per heavy atom. The van der Waals surface area contributed by atoms with Gasteiger partial charge in [0, 0.05) is 12.2 Å². The average molecular weight is 308 g/mol. The number of hydrogen-bond donors (Lipinski definition) is 2. The van der Waals surface area contributed by atoms with Gasteiger partial charge >= 0.3 is 11.8 Å². The largest absolute Gasteiger partial charge is 0.344 e. The van der Waals surface area contributed by atoms with Crippen LogP contribution in [0, 0.1) is 17.5 Å². The topological polar surface area (TPSA) is 58.2 Å². The van der Waals surface area contributed by atoms with Crippen LogP contribution in [0.25, 0.3) is 0 Å². The van der Waals surface area contributed by atoms with E-state index in [1.165, 1.54) is 24.3 Å². The fourth-order valence-corrected chi connectivity index (χ4v) is 1.67. The van der Waals surface area contributed by atoms with E-state index in [-0.39, 0.29) is 12.2 Å². The Balaban J connectivity index is 1.91. The lowest BCUT2D eigenvalue weighted by Gasteiger charge is -2.07. The highest BCUT2D eigenvalue weighted by molar-refractivity contribution is 6.39. The SMILES string of the molecule is O=C(NCc1ccc(F)c(F)c1)C(=O)Nc1cccc(F)c1. The molecule has 4 nitrogen and oxygen atoms in total. The number of carbonyl (C=O) groups is 2. The van der Waals surface area contributed by atoms with Gasteiger partial charge in [0.05, 0.1) is 0 Å². The summed E-state index contributed by atoms with van der Waals surface area (Å²) in [4.78, 5) is 23.2. The molecule has 0 bridgehead atoms. The van der Waals surface area contributed by atoms with Crippen molar-refractivity contribution in [1.29, 1.82) is 0 Å². The molecule has 0 aliphatic heterocycles. The molecule has 0 fully saturated rings. The smallest absolute Gasteiger partial charge is 0.313 e. The van der Waals surface area contributed by atoms with E-state index in [1.54, 1.807) is 0 Å². The van der Waals surface area contributed by atoms with E-state index in [4.69, 9.17) is 0 Å². The van der Waals surface area contributed by atoms with Gasteiger partial charge in [0.25, 0.3) is 0 Å². The predicted molar refractivity (Wildman–Crippen MR) is 73.2 cm³/mol. The second kappa shape index (κ2) is 6.75. The summed E-state index contributed by atoms with van der Waals surface area (Å²) >= 11 is 0. The summed E-state index contributed by atoms with van der Waals surface area (Å²) in [5.74, 6) is -4.57. The van der Waals surface area contributed by atoms with Crippen molar-refractivity contribution < 1.29 is 22.8 Å². The summed E-state index contributed by atoms with van der Waals surface area (Å²) < 4.78 is 38.7. The third-order valence-corrected chi connectivity index (χ3v) is 2.73. The van der Waals surface area contributed by atoms with E-state index in [9.17, 15) is 22.8 Å². The molecule has 0 atom stereocenters. The Bertz CT molecular complexity index is 720. The summed E-state index contributed by atoms with van der Waals surface area (Å²) in [5.41, 5.74) is 0.429. The van der Waals surface area contributed by atoms with Gasteiger partial charge < -0.3 is 10.6 Å². The van der Waals surface area contributed by atoms with Gasteiger partial charge in [-0.05, 0) is 35.9 Å². The highest BCUT2D eigenvalue weighted by atomic mass is 19.2. The number of nitrogens with one attached hydrogen (secondary N) is 2. The van der Waals surface area contributed by atoms with E-state index in [1.807, 2.05) is 0 Å². The van der Waals surface area contributed by atoms with E-state index >= 15 is 0 Å². The van der Waals surface area contributed by atoms with E-state index in [0.717, 1.165) is 18.2 Å². The van der Waals surface area contributed by atoms with E-state index in [2.05, 4.69) is 10.6 Å².